The molecule has 0 aliphatic rings. The summed E-state index contributed by atoms with van der Waals surface area (Å²) in [7, 11) is 0. The van der Waals surface area contributed by atoms with Crippen molar-refractivity contribution in [3.05, 3.63) is 22.4 Å². The van der Waals surface area contributed by atoms with E-state index in [1.54, 1.807) is 0 Å². The van der Waals surface area contributed by atoms with Gasteiger partial charge in [-0.2, -0.15) is 0 Å². The van der Waals surface area contributed by atoms with Crippen molar-refractivity contribution in [3.8, 4) is 0 Å². The summed E-state index contributed by atoms with van der Waals surface area (Å²) in [6.07, 6.45) is 1.12. The van der Waals surface area contributed by atoms with Gasteiger partial charge in [0.1, 0.15) is 0 Å². The van der Waals surface area contributed by atoms with E-state index in [-0.39, 0.29) is 0 Å². The lowest BCUT2D eigenvalue weighted by atomic mass is 10.2. The first-order valence-corrected chi connectivity index (χ1v) is 4.02. The fourth-order valence-electron chi connectivity index (χ4n) is 0.772. The summed E-state index contributed by atoms with van der Waals surface area (Å²) >= 11 is 1.81. The minimum Gasteiger partial charge on any atom is -0.355 e. The number of rotatable bonds is 2. The van der Waals surface area contributed by atoms with E-state index in [0.717, 1.165) is 6.42 Å². The fraction of sp³-hybridized carbons (Fsp3) is 0.429. The maximum absolute atomic E-state index is 3.92. The molecule has 50 valence electrons. The van der Waals surface area contributed by atoms with Crippen LogP contribution in [0.5, 0.6) is 0 Å². The highest BCUT2D eigenvalue weighted by molar-refractivity contribution is 7.09. The van der Waals surface area contributed by atoms with Gasteiger partial charge in [0, 0.05) is 11.3 Å². The molecular formula is C7H12NS+. The van der Waals surface area contributed by atoms with E-state index in [2.05, 4.69) is 30.2 Å². The summed E-state index contributed by atoms with van der Waals surface area (Å²) in [5.41, 5.74) is 3.92. The number of thiophene rings is 1. The van der Waals surface area contributed by atoms with Crippen molar-refractivity contribution in [2.45, 2.75) is 19.4 Å². The molecule has 0 radical (unpaired) electrons. The standard InChI is InChI=1S/C7H11NS/c1-6(8)5-7-3-2-4-9-7/h2-4,6H,5,8H2,1H3/p+1/t6-/m0/s1. The predicted octanol–water partition coefficient (Wildman–Crippen LogP) is 0.921. The molecule has 1 atom stereocenters. The van der Waals surface area contributed by atoms with Crippen LogP contribution >= 0.6 is 11.3 Å². The first-order valence-electron chi connectivity index (χ1n) is 3.14. The summed E-state index contributed by atoms with van der Waals surface area (Å²) in [6.45, 7) is 2.14. The molecule has 0 saturated carbocycles. The summed E-state index contributed by atoms with van der Waals surface area (Å²) < 4.78 is 0. The second-order valence-electron chi connectivity index (χ2n) is 2.39. The van der Waals surface area contributed by atoms with Crippen LogP contribution in [0, 0.1) is 0 Å². The number of hydrogen-bond acceptors (Lipinski definition) is 1. The molecule has 0 saturated heterocycles. The van der Waals surface area contributed by atoms with Crippen LogP contribution in [0.4, 0.5) is 0 Å². The lowest BCUT2D eigenvalue weighted by molar-refractivity contribution is -0.413. The van der Waals surface area contributed by atoms with E-state index in [4.69, 9.17) is 0 Å². The first kappa shape index (κ1) is 6.78. The predicted molar refractivity (Wildman–Crippen MR) is 40.4 cm³/mol. The van der Waals surface area contributed by atoms with Gasteiger partial charge in [-0.25, -0.2) is 0 Å². The SMILES string of the molecule is C[C@H]([NH3+])Cc1cccs1. The molecular weight excluding hydrogens is 130 g/mol. The summed E-state index contributed by atoms with van der Waals surface area (Å²) in [5.74, 6) is 0. The first-order chi connectivity index (χ1) is 4.29. The third-order valence-corrected chi connectivity index (χ3v) is 2.03. The Bertz CT molecular complexity index is 155. The van der Waals surface area contributed by atoms with Crippen LogP contribution < -0.4 is 5.73 Å². The molecule has 3 N–H and O–H groups in total. The van der Waals surface area contributed by atoms with E-state index >= 15 is 0 Å². The van der Waals surface area contributed by atoms with Crippen molar-refractivity contribution < 1.29 is 5.73 Å². The van der Waals surface area contributed by atoms with Gasteiger partial charge in [0.25, 0.3) is 0 Å². The Morgan fingerprint density at radius 3 is 3.00 bits per heavy atom. The molecule has 9 heavy (non-hydrogen) atoms. The summed E-state index contributed by atoms with van der Waals surface area (Å²) in [4.78, 5) is 1.44. The molecule has 1 aromatic heterocycles. The third kappa shape index (κ3) is 2.16. The quantitative estimate of drug-likeness (QED) is 0.636. The van der Waals surface area contributed by atoms with Crippen LogP contribution in [0.2, 0.25) is 0 Å². The zero-order valence-corrected chi connectivity index (χ0v) is 6.45. The van der Waals surface area contributed by atoms with E-state index in [0.29, 0.717) is 6.04 Å². The molecule has 0 bridgehead atoms. The van der Waals surface area contributed by atoms with Crippen molar-refractivity contribution in [3.63, 3.8) is 0 Å². The minimum atomic E-state index is 0.545. The molecule has 1 rings (SSSR count). The van der Waals surface area contributed by atoms with Crippen molar-refractivity contribution in [2.75, 3.05) is 0 Å². The lowest BCUT2D eigenvalue weighted by Gasteiger charge is -1.95. The van der Waals surface area contributed by atoms with Gasteiger partial charge in [-0.15, -0.1) is 11.3 Å². The van der Waals surface area contributed by atoms with Gasteiger partial charge in [-0.3, -0.25) is 0 Å². The van der Waals surface area contributed by atoms with Crippen LogP contribution in [0.1, 0.15) is 11.8 Å². The molecule has 1 heterocycles. The molecule has 0 fully saturated rings. The van der Waals surface area contributed by atoms with Crippen LogP contribution in [-0.2, 0) is 6.42 Å². The van der Waals surface area contributed by atoms with Gasteiger partial charge in [-0.05, 0) is 18.4 Å². The summed E-state index contributed by atoms with van der Waals surface area (Å²) in [5, 5.41) is 2.11. The normalized spacial score (nSPS) is 13.6. The second-order valence-corrected chi connectivity index (χ2v) is 3.42. The average molecular weight is 142 g/mol. The van der Waals surface area contributed by atoms with Crippen LogP contribution in [0.3, 0.4) is 0 Å². The largest absolute Gasteiger partial charge is 0.355 e. The van der Waals surface area contributed by atoms with Crippen LogP contribution in [0.15, 0.2) is 17.5 Å². The van der Waals surface area contributed by atoms with Crippen LogP contribution in [-0.4, -0.2) is 6.04 Å². The van der Waals surface area contributed by atoms with Crippen molar-refractivity contribution in [2.24, 2.45) is 0 Å². The molecule has 1 nitrogen and oxygen atoms in total. The van der Waals surface area contributed by atoms with Crippen molar-refractivity contribution in [1.82, 2.24) is 0 Å². The molecule has 0 aliphatic carbocycles. The van der Waals surface area contributed by atoms with Gasteiger partial charge in [-0.1, -0.05) is 6.07 Å². The van der Waals surface area contributed by atoms with Crippen molar-refractivity contribution in [1.29, 1.82) is 0 Å². The Morgan fingerprint density at radius 2 is 2.56 bits per heavy atom. The highest BCUT2D eigenvalue weighted by atomic mass is 32.1. The van der Waals surface area contributed by atoms with Crippen molar-refractivity contribution >= 4 is 11.3 Å². The van der Waals surface area contributed by atoms with Crippen LogP contribution in [0.25, 0.3) is 0 Å². The topological polar surface area (TPSA) is 27.6 Å². The number of quaternary nitrogens is 1. The zero-order valence-electron chi connectivity index (χ0n) is 5.63. The van der Waals surface area contributed by atoms with Gasteiger partial charge in [0.05, 0.1) is 6.04 Å². The third-order valence-electron chi connectivity index (χ3n) is 1.13. The van der Waals surface area contributed by atoms with E-state index in [9.17, 15) is 0 Å². The highest BCUT2D eigenvalue weighted by Crippen LogP contribution is 2.09. The van der Waals surface area contributed by atoms with E-state index in [1.807, 2.05) is 11.3 Å². The lowest BCUT2D eigenvalue weighted by Crippen LogP contribution is -2.59. The van der Waals surface area contributed by atoms with E-state index in [1.165, 1.54) is 4.88 Å². The Labute approximate surface area is 59.5 Å². The molecule has 2 heteroatoms. The molecule has 0 aromatic carbocycles. The van der Waals surface area contributed by atoms with Gasteiger partial charge in [0.15, 0.2) is 0 Å². The summed E-state index contributed by atoms with van der Waals surface area (Å²) in [6, 6.07) is 4.79. The minimum absolute atomic E-state index is 0.545. The smallest absolute Gasteiger partial charge is 0.0863 e. The van der Waals surface area contributed by atoms with Gasteiger partial charge < -0.3 is 5.73 Å². The maximum Gasteiger partial charge on any atom is 0.0863 e. The molecule has 0 aliphatic heterocycles. The fourth-order valence-corrected chi connectivity index (χ4v) is 1.64. The van der Waals surface area contributed by atoms with Gasteiger partial charge in [0.2, 0.25) is 0 Å². The second kappa shape index (κ2) is 2.99. The Kier molecular flexibility index (Phi) is 2.25. The van der Waals surface area contributed by atoms with Gasteiger partial charge >= 0.3 is 0 Å². The average Bonchev–Trinajstić information content (AvgIpc) is 2.15. The zero-order chi connectivity index (χ0) is 6.69. The Balaban J connectivity index is 2.48. The Hall–Kier alpha value is -0.340. The Morgan fingerprint density at radius 1 is 1.78 bits per heavy atom. The monoisotopic (exact) mass is 142 g/mol. The number of hydrogen-bond donors (Lipinski definition) is 1. The molecule has 0 amide bonds. The molecule has 0 spiro atoms. The molecule has 1 aromatic rings. The maximum atomic E-state index is 3.92. The molecule has 0 unspecified atom stereocenters. The van der Waals surface area contributed by atoms with E-state index < -0.39 is 0 Å². The highest BCUT2D eigenvalue weighted by Gasteiger charge is 1.99.